The molecule has 2 aromatic carbocycles. The van der Waals surface area contributed by atoms with Gasteiger partial charge in [-0.2, -0.15) is 0 Å². The lowest BCUT2D eigenvalue weighted by Crippen LogP contribution is -2.41. The lowest BCUT2D eigenvalue weighted by atomic mass is 10.1. The third-order valence-electron chi connectivity index (χ3n) is 4.85. The molecule has 0 bridgehead atoms. The molecule has 1 saturated heterocycles. The van der Waals surface area contributed by atoms with Crippen molar-refractivity contribution >= 4 is 12.0 Å². The Morgan fingerprint density at radius 3 is 2.53 bits per heavy atom. The van der Waals surface area contributed by atoms with Crippen LogP contribution in [0.2, 0.25) is 0 Å². The van der Waals surface area contributed by atoms with Crippen LogP contribution in [0, 0.1) is 11.6 Å². The van der Waals surface area contributed by atoms with Crippen LogP contribution in [0.25, 0.3) is 6.08 Å². The van der Waals surface area contributed by atoms with E-state index in [1.165, 1.54) is 12.1 Å². The lowest BCUT2D eigenvalue weighted by Gasteiger charge is -2.31. The van der Waals surface area contributed by atoms with Crippen LogP contribution in [0.1, 0.15) is 25.3 Å². The van der Waals surface area contributed by atoms with Crippen molar-refractivity contribution in [1.29, 1.82) is 0 Å². The van der Waals surface area contributed by atoms with Gasteiger partial charge < -0.3 is 19.1 Å². The van der Waals surface area contributed by atoms with E-state index in [0.29, 0.717) is 49.8 Å². The van der Waals surface area contributed by atoms with Gasteiger partial charge in [0.25, 0.3) is 0 Å². The number of hydrogen-bond donors (Lipinski definition) is 0. The first-order valence-electron chi connectivity index (χ1n) is 9.89. The van der Waals surface area contributed by atoms with Crippen molar-refractivity contribution in [2.75, 3.05) is 26.8 Å². The highest BCUT2D eigenvalue weighted by Gasteiger charge is 2.23. The molecule has 1 amide bonds. The largest absolute Gasteiger partial charge is 0.493 e. The van der Waals surface area contributed by atoms with Gasteiger partial charge in [0.15, 0.2) is 23.1 Å². The summed E-state index contributed by atoms with van der Waals surface area (Å²) in [5.74, 6) is -0.360. The number of benzene rings is 2. The van der Waals surface area contributed by atoms with E-state index in [1.54, 1.807) is 18.1 Å². The fourth-order valence-electron chi connectivity index (χ4n) is 3.27. The summed E-state index contributed by atoms with van der Waals surface area (Å²) >= 11 is 0. The first-order valence-corrected chi connectivity index (χ1v) is 9.89. The molecular weight excluding hydrogens is 392 g/mol. The Kier molecular flexibility index (Phi) is 7.27. The SMILES string of the molecule is CCOc1ccc(/C=C/C(=O)N2CCC(Oc3ccc(F)c(F)c3)CC2)cc1OC. The number of amides is 1. The van der Waals surface area contributed by atoms with Gasteiger partial charge in [0.1, 0.15) is 11.9 Å². The fourth-order valence-corrected chi connectivity index (χ4v) is 3.27. The zero-order chi connectivity index (χ0) is 21.5. The molecular formula is C23H25F2NO4. The van der Waals surface area contributed by atoms with Crippen LogP contribution in [-0.2, 0) is 4.79 Å². The third kappa shape index (κ3) is 5.49. The van der Waals surface area contributed by atoms with Gasteiger partial charge in [0.05, 0.1) is 13.7 Å². The molecule has 1 heterocycles. The van der Waals surface area contributed by atoms with Gasteiger partial charge in [-0.1, -0.05) is 6.07 Å². The molecule has 2 aromatic rings. The van der Waals surface area contributed by atoms with E-state index in [0.717, 1.165) is 17.7 Å². The molecule has 0 aliphatic carbocycles. The minimum atomic E-state index is -0.934. The van der Waals surface area contributed by atoms with Crippen molar-refractivity contribution in [2.45, 2.75) is 25.9 Å². The number of piperidine rings is 1. The topological polar surface area (TPSA) is 48.0 Å². The summed E-state index contributed by atoms with van der Waals surface area (Å²) in [5, 5.41) is 0. The van der Waals surface area contributed by atoms with Gasteiger partial charge >= 0.3 is 0 Å². The van der Waals surface area contributed by atoms with E-state index in [-0.39, 0.29) is 12.0 Å². The van der Waals surface area contributed by atoms with Crippen molar-refractivity contribution in [2.24, 2.45) is 0 Å². The molecule has 1 fully saturated rings. The summed E-state index contributed by atoms with van der Waals surface area (Å²) in [5.41, 5.74) is 0.834. The van der Waals surface area contributed by atoms with Crippen LogP contribution in [0.4, 0.5) is 8.78 Å². The molecule has 1 aliphatic heterocycles. The predicted molar refractivity (Wildman–Crippen MR) is 110 cm³/mol. The Hall–Kier alpha value is -3.09. The smallest absolute Gasteiger partial charge is 0.246 e. The Morgan fingerprint density at radius 1 is 1.10 bits per heavy atom. The highest BCUT2D eigenvalue weighted by molar-refractivity contribution is 5.92. The van der Waals surface area contributed by atoms with Crippen LogP contribution in [-0.4, -0.2) is 43.7 Å². The molecule has 3 rings (SSSR count). The molecule has 160 valence electrons. The maximum absolute atomic E-state index is 13.3. The number of halogens is 2. The number of nitrogens with zero attached hydrogens (tertiary/aromatic N) is 1. The number of ether oxygens (including phenoxy) is 3. The number of methoxy groups -OCH3 is 1. The van der Waals surface area contributed by atoms with Crippen molar-refractivity contribution in [3.8, 4) is 17.2 Å². The van der Waals surface area contributed by atoms with Gasteiger partial charge in [-0.05, 0) is 42.8 Å². The Labute approximate surface area is 174 Å². The standard InChI is InChI=1S/C23H25F2NO4/c1-3-29-21-8-4-16(14-22(21)28-2)5-9-23(27)26-12-10-17(11-13-26)30-18-6-7-19(24)20(25)15-18/h4-9,14-15,17H,3,10-13H2,1-2H3/b9-5+. The molecule has 0 spiro atoms. The van der Waals surface area contributed by atoms with Gasteiger partial charge in [0.2, 0.25) is 5.91 Å². The molecule has 0 atom stereocenters. The highest BCUT2D eigenvalue weighted by atomic mass is 19.2. The Morgan fingerprint density at radius 2 is 1.87 bits per heavy atom. The first kappa shape index (κ1) is 21.6. The van der Waals surface area contributed by atoms with Gasteiger partial charge in [-0.3, -0.25) is 4.79 Å². The van der Waals surface area contributed by atoms with E-state index >= 15 is 0 Å². The highest BCUT2D eigenvalue weighted by Crippen LogP contribution is 2.28. The summed E-state index contributed by atoms with van der Waals surface area (Å²) in [7, 11) is 1.57. The van der Waals surface area contributed by atoms with E-state index in [4.69, 9.17) is 14.2 Å². The van der Waals surface area contributed by atoms with Crippen LogP contribution < -0.4 is 14.2 Å². The van der Waals surface area contributed by atoms with Crippen LogP contribution in [0.15, 0.2) is 42.5 Å². The number of hydrogen-bond acceptors (Lipinski definition) is 4. The summed E-state index contributed by atoms with van der Waals surface area (Å²) in [6.45, 7) is 3.51. The van der Waals surface area contributed by atoms with E-state index in [1.807, 2.05) is 25.1 Å². The fraction of sp³-hybridized carbons (Fsp3) is 0.348. The second kappa shape index (κ2) is 10.1. The molecule has 1 aliphatic rings. The van der Waals surface area contributed by atoms with Gasteiger partial charge in [-0.25, -0.2) is 8.78 Å². The van der Waals surface area contributed by atoms with Crippen LogP contribution in [0.3, 0.4) is 0 Å². The minimum Gasteiger partial charge on any atom is -0.493 e. The van der Waals surface area contributed by atoms with Crippen LogP contribution in [0.5, 0.6) is 17.2 Å². The van der Waals surface area contributed by atoms with Crippen molar-refractivity contribution in [1.82, 2.24) is 4.90 Å². The first-order chi connectivity index (χ1) is 14.5. The number of carbonyl (C=O) groups is 1. The van der Waals surface area contributed by atoms with E-state index in [2.05, 4.69) is 0 Å². The summed E-state index contributed by atoms with van der Waals surface area (Å²) in [6.07, 6.45) is 4.37. The molecule has 0 radical (unpaired) electrons. The average molecular weight is 417 g/mol. The summed E-state index contributed by atoms with van der Waals surface area (Å²) < 4.78 is 42.9. The quantitative estimate of drug-likeness (QED) is 0.625. The number of carbonyl (C=O) groups excluding carboxylic acids is 1. The molecule has 5 nitrogen and oxygen atoms in total. The summed E-state index contributed by atoms with van der Waals surface area (Å²) in [4.78, 5) is 14.2. The maximum Gasteiger partial charge on any atom is 0.246 e. The normalized spacial score (nSPS) is 14.7. The van der Waals surface area contributed by atoms with Crippen molar-refractivity contribution in [3.05, 3.63) is 59.7 Å². The number of rotatable bonds is 7. The van der Waals surface area contributed by atoms with Gasteiger partial charge in [0, 0.05) is 38.1 Å². The predicted octanol–water partition coefficient (Wildman–Crippen LogP) is 4.46. The van der Waals surface area contributed by atoms with Crippen molar-refractivity contribution < 1.29 is 27.8 Å². The molecule has 30 heavy (non-hydrogen) atoms. The second-order valence-corrected chi connectivity index (χ2v) is 6.90. The lowest BCUT2D eigenvalue weighted by molar-refractivity contribution is -0.127. The molecule has 7 heteroatoms. The molecule has 0 aromatic heterocycles. The van der Waals surface area contributed by atoms with E-state index in [9.17, 15) is 13.6 Å². The minimum absolute atomic E-state index is 0.0888. The maximum atomic E-state index is 13.3. The second-order valence-electron chi connectivity index (χ2n) is 6.90. The monoisotopic (exact) mass is 417 g/mol. The van der Waals surface area contributed by atoms with Crippen molar-refractivity contribution in [3.63, 3.8) is 0 Å². The Bertz CT molecular complexity index is 908. The van der Waals surface area contributed by atoms with Crippen LogP contribution >= 0.6 is 0 Å². The number of likely N-dealkylation sites (tertiary alicyclic amines) is 1. The van der Waals surface area contributed by atoms with Gasteiger partial charge in [-0.15, -0.1) is 0 Å². The average Bonchev–Trinajstić information content (AvgIpc) is 2.76. The molecule has 0 saturated carbocycles. The Balaban J connectivity index is 1.53. The zero-order valence-electron chi connectivity index (χ0n) is 17.1. The molecule has 0 unspecified atom stereocenters. The molecule has 0 N–H and O–H groups in total. The zero-order valence-corrected chi connectivity index (χ0v) is 17.1. The van der Waals surface area contributed by atoms with E-state index < -0.39 is 11.6 Å². The summed E-state index contributed by atoms with van der Waals surface area (Å²) in [6, 6.07) is 8.98. The third-order valence-corrected chi connectivity index (χ3v) is 4.85.